The Bertz CT molecular complexity index is 915. The molecular weight excluding hydrogens is 364 g/mol. The van der Waals surface area contributed by atoms with Gasteiger partial charge in [0.05, 0.1) is 12.8 Å². The third-order valence-corrected chi connectivity index (χ3v) is 5.25. The zero-order valence-electron chi connectivity index (χ0n) is 14.9. The molecule has 0 aliphatic heterocycles. The molecule has 1 saturated carbocycles. The highest BCUT2D eigenvalue weighted by Crippen LogP contribution is 2.40. The van der Waals surface area contributed by atoms with Crippen LogP contribution >= 0.6 is 11.3 Å². The van der Waals surface area contributed by atoms with Gasteiger partial charge in [-0.25, -0.2) is 4.79 Å². The van der Waals surface area contributed by atoms with Gasteiger partial charge in [0.2, 0.25) is 0 Å². The third kappa shape index (κ3) is 4.28. The van der Waals surface area contributed by atoms with Crippen molar-refractivity contribution in [1.82, 2.24) is 15.5 Å². The van der Waals surface area contributed by atoms with Gasteiger partial charge in [-0.1, -0.05) is 17.3 Å². The van der Waals surface area contributed by atoms with Crippen molar-refractivity contribution in [3.05, 3.63) is 47.1 Å². The maximum atomic E-state index is 12.2. The molecular formula is C19H20N4O3S. The summed E-state index contributed by atoms with van der Waals surface area (Å²) < 4.78 is 10.5. The number of nitrogens with one attached hydrogen (secondary N) is 2. The first kappa shape index (κ1) is 17.5. The van der Waals surface area contributed by atoms with E-state index in [0.717, 1.165) is 41.3 Å². The predicted molar refractivity (Wildman–Crippen MR) is 103 cm³/mol. The Morgan fingerprint density at radius 3 is 2.85 bits per heavy atom. The number of ether oxygens (including phenoxy) is 1. The minimum atomic E-state index is -0.259. The van der Waals surface area contributed by atoms with Crippen molar-refractivity contribution >= 4 is 23.1 Å². The van der Waals surface area contributed by atoms with E-state index in [2.05, 4.69) is 20.8 Å². The molecule has 0 radical (unpaired) electrons. The second-order valence-corrected chi connectivity index (χ2v) is 7.29. The minimum Gasteiger partial charge on any atom is -0.497 e. The van der Waals surface area contributed by atoms with Gasteiger partial charge >= 0.3 is 6.03 Å². The van der Waals surface area contributed by atoms with Crippen LogP contribution in [0.5, 0.6) is 5.75 Å². The molecule has 0 unspecified atom stereocenters. The minimum absolute atomic E-state index is 0.259. The van der Waals surface area contributed by atoms with Crippen molar-refractivity contribution in [3.8, 4) is 16.5 Å². The normalized spacial score (nSPS) is 13.4. The van der Waals surface area contributed by atoms with E-state index in [1.165, 1.54) is 11.3 Å². The highest BCUT2D eigenvalue weighted by atomic mass is 32.1. The van der Waals surface area contributed by atoms with Crippen LogP contribution in [0.1, 0.15) is 30.1 Å². The lowest BCUT2D eigenvalue weighted by molar-refractivity contribution is 0.252. The maximum Gasteiger partial charge on any atom is 0.319 e. The number of thiophene rings is 1. The van der Waals surface area contributed by atoms with Crippen LogP contribution in [0.25, 0.3) is 10.8 Å². The third-order valence-electron chi connectivity index (χ3n) is 4.35. The van der Waals surface area contributed by atoms with Gasteiger partial charge in [0, 0.05) is 12.5 Å². The molecule has 7 nitrogen and oxygen atoms in total. The second kappa shape index (κ2) is 7.79. The SMILES string of the molecule is COc1ccc(CCNC(=O)Nc2ccsc2-c2nc(C3CC3)no2)cc1. The standard InChI is InChI=1S/C19H20N4O3S/c1-25-14-6-2-12(3-7-14)8-10-20-19(24)21-15-9-11-27-16(15)18-22-17(23-26-18)13-4-5-13/h2-3,6-7,9,11,13H,4-5,8,10H2,1H3,(H2,20,21,24). The van der Waals surface area contributed by atoms with Gasteiger partial charge in [-0.2, -0.15) is 4.98 Å². The summed E-state index contributed by atoms with van der Waals surface area (Å²) in [6.45, 7) is 0.532. The Hall–Kier alpha value is -2.87. The van der Waals surface area contributed by atoms with Crippen LogP contribution in [0.3, 0.4) is 0 Å². The summed E-state index contributed by atoms with van der Waals surface area (Å²) in [5.41, 5.74) is 1.80. The smallest absolute Gasteiger partial charge is 0.319 e. The van der Waals surface area contributed by atoms with Crippen LogP contribution in [0.4, 0.5) is 10.5 Å². The van der Waals surface area contributed by atoms with Crippen LogP contribution in [0.15, 0.2) is 40.2 Å². The highest BCUT2D eigenvalue weighted by Gasteiger charge is 2.29. The molecule has 2 heterocycles. The molecule has 2 aromatic heterocycles. The van der Waals surface area contributed by atoms with E-state index in [-0.39, 0.29) is 6.03 Å². The fraction of sp³-hybridized carbons (Fsp3) is 0.316. The maximum absolute atomic E-state index is 12.2. The Kier molecular flexibility index (Phi) is 5.06. The monoisotopic (exact) mass is 384 g/mol. The lowest BCUT2D eigenvalue weighted by Crippen LogP contribution is -2.30. The van der Waals surface area contributed by atoms with E-state index >= 15 is 0 Å². The number of rotatable bonds is 7. The summed E-state index contributed by atoms with van der Waals surface area (Å²) >= 11 is 1.46. The molecule has 1 fully saturated rings. The van der Waals surface area contributed by atoms with Gasteiger partial charge in [0.25, 0.3) is 5.89 Å². The van der Waals surface area contributed by atoms with Crippen LogP contribution in [-0.4, -0.2) is 29.8 Å². The molecule has 0 saturated heterocycles. The van der Waals surface area contributed by atoms with E-state index in [1.54, 1.807) is 7.11 Å². The number of nitrogens with zero attached hydrogens (tertiary/aromatic N) is 2. The summed E-state index contributed by atoms with van der Waals surface area (Å²) in [4.78, 5) is 17.4. The van der Waals surface area contributed by atoms with E-state index in [9.17, 15) is 4.79 Å². The van der Waals surface area contributed by atoms with E-state index in [0.29, 0.717) is 24.0 Å². The molecule has 27 heavy (non-hydrogen) atoms. The number of hydrogen-bond acceptors (Lipinski definition) is 6. The Morgan fingerprint density at radius 2 is 2.11 bits per heavy atom. The molecule has 2 amide bonds. The van der Waals surface area contributed by atoms with Crippen LogP contribution in [0.2, 0.25) is 0 Å². The summed E-state index contributed by atoms with van der Waals surface area (Å²) in [6.07, 6.45) is 2.97. The van der Waals surface area contributed by atoms with Crippen molar-refractivity contribution in [3.63, 3.8) is 0 Å². The van der Waals surface area contributed by atoms with E-state index < -0.39 is 0 Å². The summed E-state index contributed by atoms with van der Waals surface area (Å²) in [7, 11) is 1.64. The number of hydrogen-bond donors (Lipinski definition) is 2. The fourth-order valence-electron chi connectivity index (χ4n) is 2.69. The van der Waals surface area contributed by atoms with Crippen LogP contribution in [0, 0.1) is 0 Å². The molecule has 4 rings (SSSR count). The molecule has 1 aliphatic rings. The van der Waals surface area contributed by atoms with Gasteiger partial charge in [-0.3, -0.25) is 0 Å². The molecule has 1 aliphatic carbocycles. The quantitative estimate of drug-likeness (QED) is 0.641. The van der Waals surface area contributed by atoms with E-state index in [4.69, 9.17) is 9.26 Å². The first-order chi connectivity index (χ1) is 13.2. The van der Waals surface area contributed by atoms with Crippen molar-refractivity contribution in [2.24, 2.45) is 0 Å². The van der Waals surface area contributed by atoms with Gasteiger partial charge in [-0.05, 0) is 48.4 Å². The van der Waals surface area contributed by atoms with Crippen LogP contribution in [-0.2, 0) is 6.42 Å². The Balaban J connectivity index is 1.31. The number of carbonyl (C=O) groups excluding carboxylic acids is 1. The lowest BCUT2D eigenvalue weighted by Gasteiger charge is -2.08. The first-order valence-corrected chi connectivity index (χ1v) is 9.70. The number of urea groups is 1. The molecule has 140 valence electrons. The molecule has 8 heteroatoms. The molecule has 3 aromatic rings. The van der Waals surface area contributed by atoms with Gasteiger partial charge < -0.3 is 19.9 Å². The van der Waals surface area contributed by atoms with Crippen molar-refractivity contribution in [2.75, 3.05) is 19.0 Å². The molecule has 1 aromatic carbocycles. The average molecular weight is 384 g/mol. The second-order valence-electron chi connectivity index (χ2n) is 6.37. The number of anilines is 1. The lowest BCUT2D eigenvalue weighted by atomic mass is 10.1. The van der Waals surface area contributed by atoms with Gasteiger partial charge in [0.1, 0.15) is 10.6 Å². The van der Waals surface area contributed by atoms with Crippen molar-refractivity contribution < 1.29 is 14.1 Å². The van der Waals surface area contributed by atoms with Gasteiger partial charge in [0.15, 0.2) is 5.82 Å². The summed E-state index contributed by atoms with van der Waals surface area (Å²) in [5.74, 6) is 2.47. The predicted octanol–water partition coefficient (Wildman–Crippen LogP) is 4.05. The number of methoxy groups -OCH3 is 1. The van der Waals surface area contributed by atoms with Gasteiger partial charge in [-0.15, -0.1) is 11.3 Å². The summed E-state index contributed by atoms with van der Waals surface area (Å²) in [5, 5.41) is 11.7. The van der Waals surface area contributed by atoms with E-state index in [1.807, 2.05) is 35.7 Å². The Morgan fingerprint density at radius 1 is 1.30 bits per heavy atom. The number of aromatic nitrogens is 2. The molecule has 0 atom stereocenters. The molecule has 2 N–H and O–H groups in total. The van der Waals surface area contributed by atoms with Crippen molar-refractivity contribution in [2.45, 2.75) is 25.2 Å². The molecule has 0 bridgehead atoms. The number of carbonyl (C=O) groups is 1. The topological polar surface area (TPSA) is 89.3 Å². The Labute approximate surface area is 160 Å². The fourth-order valence-corrected chi connectivity index (χ4v) is 3.46. The zero-order chi connectivity index (χ0) is 18.6. The zero-order valence-corrected chi connectivity index (χ0v) is 15.7. The average Bonchev–Trinajstić information content (AvgIpc) is 3.24. The highest BCUT2D eigenvalue weighted by molar-refractivity contribution is 7.14. The molecule has 0 spiro atoms. The summed E-state index contributed by atoms with van der Waals surface area (Å²) in [6, 6.07) is 9.38. The number of benzene rings is 1. The largest absolute Gasteiger partial charge is 0.497 e. The number of amides is 2. The van der Waals surface area contributed by atoms with Crippen LogP contribution < -0.4 is 15.4 Å². The first-order valence-electron chi connectivity index (χ1n) is 8.82. The van der Waals surface area contributed by atoms with Crippen molar-refractivity contribution in [1.29, 1.82) is 0 Å².